The molecular weight excluding hydrogens is 308 g/mol. The fourth-order valence-electron chi connectivity index (χ4n) is 2.00. The van der Waals surface area contributed by atoms with Gasteiger partial charge >= 0.3 is 0 Å². The van der Waals surface area contributed by atoms with Crippen molar-refractivity contribution in [3.8, 4) is 0 Å². The van der Waals surface area contributed by atoms with Gasteiger partial charge in [-0.25, -0.2) is 8.42 Å². The first kappa shape index (κ1) is 15.7. The van der Waals surface area contributed by atoms with Crippen molar-refractivity contribution in [1.29, 1.82) is 0 Å². The molecular formula is C15H17ClN2O2S. The van der Waals surface area contributed by atoms with Crippen LogP contribution >= 0.6 is 11.6 Å². The summed E-state index contributed by atoms with van der Waals surface area (Å²) >= 11 is 6.04. The average Bonchev–Trinajstić information content (AvgIpc) is 2.46. The minimum atomic E-state index is -3.70. The normalized spacial score (nSPS) is 11.3. The monoisotopic (exact) mass is 324 g/mol. The molecule has 4 nitrogen and oxygen atoms in total. The number of sulfonamides is 1. The SMILES string of the molecule is CCCN(c1ccc(N)cc1)S(=O)(=O)c1ccccc1Cl. The molecule has 0 heterocycles. The molecule has 2 aromatic rings. The van der Waals surface area contributed by atoms with Gasteiger partial charge in [-0.1, -0.05) is 30.7 Å². The van der Waals surface area contributed by atoms with E-state index in [0.717, 1.165) is 0 Å². The lowest BCUT2D eigenvalue weighted by Gasteiger charge is -2.24. The van der Waals surface area contributed by atoms with Crippen molar-refractivity contribution in [3.05, 3.63) is 53.6 Å². The highest BCUT2D eigenvalue weighted by molar-refractivity contribution is 7.93. The summed E-state index contributed by atoms with van der Waals surface area (Å²) in [7, 11) is -3.70. The summed E-state index contributed by atoms with van der Waals surface area (Å²) in [6, 6.07) is 13.2. The van der Waals surface area contributed by atoms with E-state index < -0.39 is 10.0 Å². The van der Waals surface area contributed by atoms with Gasteiger partial charge in [0.25, 0.3) is 10.0 Å². The molecule has 0 fully saturated rings. The lowest BCUT2D eigenvalue weighted by molar-refractivity contribution is 0.590. The lowest BCUT2D eigenvalue weighted by Crippen LogP contribution is -2.32. The van der Waals surface area contributed by atoms with E-state index in [2.05, 4.69) is 0 Å². The maximum Gasteiger partial charge on any atom is 0.265 e. The van der Waals surface area contributed by atoms with Crippen molar-refractivity contribution in [2.75, 3.05) is 16.6 Å². The van der Waals surface area contributed by atoms with Crippen LogP contribution in [0.15, 0.2) is 53.4 Å². The molecule has 112 valence electrons. The van der Waals surface area contributed by atoms with Crippen LogP contribution in [-0.4, -0.2) is 15.0 Å². The van der Waals surface area contributed by atoms with Crippen molar-refractivity contribution >= 4 is 33.0 Å². The third kappa shape index (κ3) is 3.31. The molecule has 6 heteroatoms. The summed E-state index contributed by atoms with van der Waals surface area (Å²) in [6.07, 6.45) is 0.689. The number of benzene rings is 2. The van der Waals surface area contributed by atoms with E-state index in [1.54, 1.807) is 42.5 Å². The highest BCUT2D eigenvalue weighted by atomic mass is 35.5. The number of rotatable bonds is 5. The molecule has 0 aromatic heterocycles. The maximum atomic E-state index is 12.8. The van der Waals surface area contributed by atoms with Gasteiger partial charge in [-0.2, -0.15) is 0 Å². The maximum absolute atomic E-state index is 12.8. The number of hydrogen-bond donors (Lipinski definition) is 1. The van der Waals surface area contributed by atoms with Crippen LogP contribution in [0.5, 0.6) is 0 Å². The fourth-order valence-corrected chi connectivity index (χ4v) is 4.06. The zero-order chi connectivity index (χ0) is 15.5. The van der Waals surface area contributed by atoms with Crippen LogP contribution in [0.1, 0.15) is 13.3 Å². The number of nitrogens with zero attached hydrogens (tertiary/aromatic N) is 1. The summed E-state index contributed by atoms with van der Waals surface area (Å²) < 4.78 is 27.0. The summed E-state index contributed by atoms with van der Waals surface area (Å²) in [5.41, 5.74) is 6.82. The third-order valence-corrected chi connectivity index (χ3v) is 5.34. The van der Waals surface area contributed by atoms with Crippen molar-refractivity contribution in [2.45, 2.75) is 18.2 Å². The zero-order valence-corrected chi connectivity index (χ0v) is 13.2. The predicted octanol–water partition coefficient (Wildman–Crippen LogP) is 3.53. The highest BCUT2D eigenvalue weighted by Gasteiger charge is 2.26. The summed E-state index contributed by atoms with van der Waals surface area (Å²) in [6.45, 7) is 2.30. The first-order chi connectivity index (χ1) is 9.96. The topological polar surface area (TPSA) is 63.4 Å². The Morgan fingerprint density at radius 2 is 1.71 bits per heavy atom. The van der Waals surface area contributed by atoms with Gasteiger partial charge in [-0.3, -0.25) is 4.31 Å². The molecule has 0 unspecified atom stereocenters. The summed E-state index contributed by atoms with van der Waals surface area (Å²) in [4.78, 5) is 0.108. The van der Waals surface area contributed by atoms with Crippen LogP contribution < -0.4 is 10.0 Å². The minimum absolute atomic E-state index is 0.108. The summed E-state index contributed by atoms with van der Waals surface area (Å²) in [5, 5.41) is 0.217. The van der Waals surface area contributed by atoms with Crippen LogP contribution in [0.4, 0.5) is 11.4 Å². The van der Waals surface area contributed by atoms with Gasteiger partial charge in [-0.15, -0.1) is 0 Å². The van der Waals surface area contributed by atoms with Crippen LogP contribution in [0.25, 0.3) is 0 Å². The van der Waals surface area contributed by atoms with Crippen molar-refractivity contribution < 1.29 is 8.42 Å². The second kappa shape index (κ2) is 6.37. The van der Waals surface area contributed by atoms with Crippen LogP contribution in [0.2, 0.25) is 5.02 Å². The molecule has 0 radical (unpaired) electrons. The van der Waals surface area contributed by atoms with Gasteiger partial charge in [0.1, 0.15) is 4.90 Å². The van der Waals surface area contributed by atoms with Crippen LogP contribution in [0.3, 0.4) is 0 Å². The number of halogens is 1. The number of anilines is 2. The molecule has 2 aromatic carbocycles. The van der Waals surface area contributed by atoms with Gasteiger partial charge in [0, 0.05) is 12.2 Å². The Hall–Kier alpha value is -1.72. The van der Waals surface area contributed by atoms with Gasteiger partial charge < -0.3 is 5.73 Å². The molecule has 0 saturated heterocycles. The Kier molecular flexibility index (Phi) is 4.75. The van der Waals surface area contributed by atoms with Crippen LogP contribution in [0, 0.1) is 0 Å². The van der Waals surface area contributed by atoms with Gasteiger partial charge in [0.05, 0.1) is 10.7 Å². The molecule has 0 aliphatic carbocycles. The van der Waals surface area contributed by atoms with E-state index in [-0.39, 0.29) is 9.92 Å². The third-order valence-electron chi connectivity index (χ3n) is 3.01. The molecule has 21 heavy (non-hydrogen) atoms. The minimum Gasteiger partial charge on any atom is -0.399 e. The number of nitrogen functional groups attached to an aromatic ring is 1. The molecule has 0 atom stereocenters. The molecule has 2 rings (SSSR count). The highest BCUT2D eigenvalue weighted by Crippen LogP contribution is 2.28. The molecule has 0 spiro atoms. The van der Waals surface area contributed by atoms with Gasteiger partial charge in [0.2, 0.25) is 0 Å². The van der Waals surface area contributed by atoms with E-state index in [1.165, 1.54) is 10.4 Å². The first-order valence-corrected chi connectivity index (χ1v) is 8.41. The molecule has 0 saturated carbocycles. The van der Waals surface area contributed by atoms with E-state index in [0.29, 0.717) is 24.3 Å². The molecule has 0 amide bonds. The molecule has 0 aliphatic rings. The summed E-state index contributed by atoms with van der Waals surface area (Å²) in [5.74, 6) is 0. The first-order valence-electron chi connectivity index (χ1n) is 6.59. The lowest BCUT2D eigenvalue weighted by atomic mass is 10.3. The quantitative estimate of drug-likeness (QED) is 0.856. The smallest absolute Gasteiger partial charge is 0.265 e. The van der Waals surface area contributed by atoms with E-state index in [9.17, 15) is 8.42 Å². The standard InChI is InChI=1S/C15H17ClN2O2S/c1-2-11-18(13-9-7-12(17)8-10-13)21(19,20)15-6-4-3-5-14(15)16/h3-10H,2,11,17H2,1H3. The largest absolute Gasteiger partial charge is 0.399 e. The van der Waals surface area contributed by atoms with Crippen molar-refractivity contribution in [2.24, 2.45) is 0 Å². The molecule has 2 N–H and O–H groups in total. The number of hydrogen-bond acceptors (Lipinski definition) is 3. The molecule has 0 aliphatic heterocycles. The Bertz CT molecular complexity index is 715. The zero-order valence-electron chi connectivity index (χ0n) is 11.7. The Balaban J connectivity index is 2.51. The van der Waals surface area contributed by atoms with Gasteiger partial charge in [-0.05, 0) is 42.8 Å². The number of nitrogens with two attached hydrogens (primary N) is 1. The second-order valence-corrected chi connectivity index (χ2v) is 6.84. The van der Waals surface area contributed by atoms with Crippen LogP contribution in [-0.2, 0) is 10.0 Å². The van der Waals surface area contributed by atoms with Crippen molar-refractivity contribution in [1.82, 2.24) is 0 Å². The van der Waals surface area contributed by atoms with E-state index in [4.69, 9.17) is 17.3 Å². The Labute approximate surface area is 130 Å². The van der Waals surface area contributed by atoms with E-state index in [1.807, 2.05) is 6.92 Å². The average molecular weight is 325 g/mol. The van der Waals surface area contributed by atoms with Gasteiger partial charge in [0.15, 0.2) is 0 Å². The Morgan fingerprint density at radius 1 is 1.10 bits per heavy atom. The Morgan fingerprint density at radius 3 is 2.29 bits per heavy atom. The predicted molar refractivity (Wildman–Crippen MR) is 87.1 cm³/mol. The van der Waals surface area contributed by atoms with Crippen molar-refractivity contribution in [3.63, 3.8) is 0 Å². The fraction of sp³-hybridized carbons (Fsp3) is 0.200. The molecule has 0 bridgehead atoms. The van der Waals surface area contributed by atoms with E-state index >= 15 is 0 Å². The second-order valence-electron chi connectivity index (χ2n) is 4.60.